The molecule has 0 spiro atoms. The molecule has 0 heterocycles. The third-order valence-electron chi connectivity index (χ3n) is 17.6. The van der Waals surface area contributed by atoms with Crippen molar-refractivity contribution >= 4 is 0 Å². The molecule has 126 heavy (non-hydrogen) atoms. The first-order chi connectivity index (χ1) is 61.3. The Morgan fingerprint density at radius 2 is 0.429 bits per heavy atom. The molecule has 0 aliphatic heterocycles. The standard InChI is InChI=1S/5C13H12.C10H5N3.C9H6N2.3C8H7N.5C2H6/c1-11-7-5-6-10-13(11)12-8-3-2-4-9-12;4*1-11-6-5-9-13(10-11)12-7-3-2-4-8-12;1-7-9(5-12)2-8(4-11)3-10(7)6-13;1-7-3-2-4-8(5-10)9(7)6-11;1-7-2-4-8(6-9)5-3-7;1-7-3-2-4-8(5-7)6-9;1-7-4-2-3-5-8(7)6-9;5*1-2/h5*2-10H,1H3;2-3H,1H3;2-4H,1H3;3*2-5H,1H3;5*1-2H3. The Balaban J connectivity index is 0.000000694. The molecule has 0 saturated heterocycles. The van der Waals surface area contributed by atoms with Crippen molar-refractivity contribution in [2.75, 3.05) is 0 Å². The molecule has 15 rings (SSSR count). The number of nitrogens with zero attached hydrogens (tertiary/aromatic N) is 8. The van der Waals surface area contributed by atoms with Crippen molar-refractivity contribution in [3.05, 3.63) is 476 Å². The summed E-state index contributed by atoms with van der Waals surface area (Å²) in [4.78, 5) is 0. The summed E-state index contributed by atoms with van der Waals surface area (Å²) in [6.07, 6.45) is 0. The molecule has 15 aromatic carbocycles. The molecule has 0 N–H and O–H groups in total. The Labute approximate surface area is 756 Å². The van der Waals surface area contributed by atoms with E-state index in [4.69, 9.17) is 42.1 Å². The average Bonchev–Trinajstić information content (AvgIpc) is 0.811. The van der Waals surface area contributed by atoms with E-state index in [-0.39, 0.29) is 0 Å². The van der Waals surface area contributed by atoms with Crippen LogP contribution in [0.25, 0.3) is 55.6 Å². The summed E-state index contributed by atoms with van der Waals surface area (Å²) in [6, 6.07) is 142. The molecule has 15 aromatic rings. The normalized spacial score (nSPS) is 8.73. The lowest BCUT2D eigenvalue weighted by Crippen LogP contribution is -1.90. The molecular weight excluding hydrogens is 1530 g/mol. The number of aryl methyl sites for hydroxylation is 9. The van der Waals surface area contributed by atoms with E-state index in [9.17, 15) is 0 Å². The quantitative estimate of drug-likeness (QED) is 0.163. The molecule has 0 saturated carbocycles. The predicted octanol–water partition coefficient (Wildman–Crippen LogP) is 32.4. The maximum absolute atomic E-state index is 8.69. The molecule has 0 radical (unpaired) electrons. The first kappa shape index (κ1) is 108. The second-order valence-electron chi connectivity index (χ2n) is 26.8. The highest BCUT2D eigenvalue weighted by Crippen LogP contribution is 2.25. The Morgan fingerprint density at radius 3 is 0.706 bits per heavy atom. The zero-order chi connectivity index (χ0) is 93.7. The molecule has 0 atom stereocenters. The molecule has 634 valence electrons. The molecule has 0 unspecified atom stereocenters. The molecule has 0 fully saturated rings. The van der Waals surface area contributed by atoms with Gasteiger partial charge in [0.15, 0.2) is 0 Å². The lowest BCUT2D eigenvalue weighted by Gasteiger charge is -2.04. The summed E-state index contributed by atoms with van der Waals surface area (Å²) in [5.41, 5.74) is 28.6. The van der Waals surface area contributed by atoms with Gasteiger partial charge in [-0.1, -0.05) is 425 Å². The van der Waals surface area contributed by atoms with Gasteiger partial charge in [-0.15, -0.1) is 0 Å². The highest BCUT2D eigenvalue weighted by molar-refractivity contribution is 5.69. The van der Waals surface area contributed by atoms with Crippen LogP contribution in [0.4, 0.5) is 0 Å². The minimum Gasteiger partial charge on any atom is -0.192 e. The zero-order valence-corrected chi connectivity index (χ0v) is 77.4. The van der Waals surface area contributed by atoms with E-state index in [1.165, 1.54) is 101 Å². The predicted molar refractivity (Wildman–Crippen MR) is 533 cm³/mol. The van der Waals surface area contributed by atoms with Crippen molar-refractivity contribution in [1.29, 1.82) is 42.1 Å². The fourth-order valence-electron chi connectivity index (χ4n) is 11.3. The van der Waals surface area contributed by atoms with Crippen molar-refractivity contribution in [3.63, 3.8) is 0 Å². The molecule has 0 aliphatic carbocycles. The summed E-state index contributed by atoms with van der Waals surface area (Å²) in [7, 11) is 0. The van der Waals surface area contributed by atoms with Crippen LogP contribution in [0.5, 0.6) is 0 Å². The van der Waals surface area contributed by atoms with Crippen molar-refractivity contribution < 1.29 is 0 Å². The minimum absolute atomic E-state index is 0.346. The minimum atomic E-state index is 0.346. The van der Waals surface area contributed by atoms with E-state index in [0.717, 1.165) is 33.4 Å². The second kappa shape index (κ2) is 67.0. The fraction of sp³-hybridized carbons (Fsp3) is 0.169. The average molecular weight is 1650 g/mol. The van der Waals surface area contributed by atoms with Crippen LogP contribution in [-0.2, 0) is 0 Å². The van der Waals surface area contributed by atoms with Crippen molar-refractivity contribution in [3.8, 4) is 104 Å². The van der Waals surface area contributed by atoms with Gasteiger partial charge in [0.05, 0.1) is 80.9 Å². The highest BCUT2D eigenvalue weighted by Gasteiger charge is 2.07. The van der Waals surface area contributed by atoms with Crippen molar-refractivity contribution in [2.24, 2.45) is 0 Å². The van der Waals surface area contributed by atoms with Gasteiger partial charge in [0.25, 0.3) is 0 Å². The third kappa shape index (κ3) is 41.9. The van der Waals surface area contributed by atoms with E-state index in [0.29, 0.717) is 33.4 Å². The maximum atomic E-state index is 8.69. The van der Waals surface area contributed by atoms with Gasteiger partial charge in [-0.05, 0) is 201 Å². The molecule has 0 aromatic heterocycles. The number of rotatable bonds is 5. The van der Waals surface area contributed by atoms with Gasteiger partial charge in [-0.25, -0.2) is 0 Å². The summed E-state index contributed by atoms with van der Waals surface area (Å²) < 4.78 is 0. The summed E-state index contributed by atoms with van der Waals surface area (Å²) in [6.45, 7) is 40.0. The first-order valence-electron chi connectivity index (χ1n) is 42.6. The molecular formula is C118H122N8. The van der Waals surface area contributed by atoms with Gasteiger partial charge in [0.2, 0.25) is 0 Å². The lowest BCUT2D eigenvalue weighted by molar-refractivity contribution is 1.33. The van der Waals surface area contributed by atoms with Crippen molar-refractivity contribution in [1.82, 2.24) is 0 Å². The first-order valence-corrected chi connectivity index (χ1v) is 42.6. The zero-order valence-electron chi connectivity index (χ0n) is 77.4. The molecule has 8 heteroatoms. The molecule has 0 bridgehead atoms. The van der Waals surface area contributed by atoms with Gasteiger partial charge >= 0.3 is 0 Å². The summed E-state index contributed by atoms with van der Waals surface area (Å²) >= 11 is 0. The monoisotopic (exact) mass is 1650 g/mol. The van der Waals surface area contributed by atoms with Crippen molar-refractivity contribution in [2.45, 2.75) is 138 Å². The van der Waals surface area contributed by atoms with Crippen LogP contribution >= 0.6 is 0 Å². The molecule has 0 aliphatic rings. The second-order valence-corrected chi connectivity index (χ2v) is 26.8. The Morgan fingerprint density at radius 1 is 0.159 bits per heavy atom. The smallest absolute Gasteiger partial charge is 0.101 e. The van der Waals surface area contributed by atoms with Crippen LogP contribution in [-0.4, -0.2) is 0 Å². The van der Waals surface area contributed by atoms with E-state index in [1.54, 1.807) is 25.1 Å². The van der Waals surface area contributed by atoms with E-state index in [1.807, 2.05) is 230 Å². The lowest BCUT2D eigenvalue weighted by atomic mass is 10.0. The molecule has 8 nitrogen and oxygen atoms in total. The van der Waals surface area contributed by atoms with Gasteiger partial charge < -0.3 is 0 Å². The van der Waals surface area contributed by atoms with Crippen LogP contribution in [0.2, 0.25) is 0 Å². The van der Waals surface area contributed by atoms with Crippen LogP contribution in [0.1, 0.15) is 169 Å². The number of hydrogen-bond donors (Lipinski definition) is 0. The Hall–Kier alpha value is -15.8. The topological polar surface area (TPSA) is 190 Å². The number of benzene rings is 15. The number of hydrogen-bond acceptors (Lipinski definition) is 8. The van der Waals surface area contributed by atoms with Crippen LogP contribution in [0.15, 0.2) is 376 Å². The van der Waals surface area contributed by atoms with Crippen LogP contribution in [0.3, 0.4) is 0 Å². The Kier molecular flexibility index (Phi) is 57.5. The largest absolute Gasteiger partial charge is 0.192 e. The maximum Gasteiger partial charge on any atom is 0.101 e. The summed E-state index contributed by atoms with van der Waals surface area (Å²) in [5, 5.41) is 68.4. The SMILES string of the molecule is CC.CC.CC.CC.CC.Cc1c(C#N)cc(C#N)cc1C#N.Cc1ccc(C#N)cc1.Cc1cccc(-c2ccccc2)c1.Cc1cccc(-c2ccccc2)c1.Cc1cccc(-c2ccccc2)c1.Cc1cccc(-c2ccccc2)c1.Cc1cccc(C#N)c1.Cc1cccc(C#N)c1C#N.Cc1ccccc1-c1ccccc1.Cc1ccccc1C#N. The van der Waals surface area contributed by atoms with Crippen LogP contribution in [0, 0.1) is 160 Å². The van der Waals surface area contributed by atoms with E-state index in [2.05, 4.69) is 295 Å². The van der Waals surface area contributed by atoms with E-state index >= 15 is 0 Å². The fourth-order valence-corrected chi connectivity index (χ4v) is 11.3. The van der Waals surface area contributed by atoms with E-state index < -0.39 is 0 Å². The number of nitriles is 8. The highest BCUT2D eigenvalue weighted by atomic mass is 14.3. The van der Waals surface area contributed by atoms with Gasteiger partial charge in [-0.3, -0.25) is 0 Å². The Bertz CT molecular complexity index is 5560. The van der Waals surface area contributed by atoms with Crippen LogP contribution < -0.4 is 0 Å². The third-order valence-corrected chi connectivity index (χ3v) is 17.6. The summed E-state index contributed by atoms with van der Waals surface area (Å²) in [5.74, 6) is 0. The van der Waals surface area contributed by atoms with Gasteiger partial charge in [-0.2, -0.15) is 42.1 Å². The van der Waals surface area contributed by atoms with Gasteiger partial charge in [0, 0.05) is 0 Å². The van der Waals surface area contributed by atoms with Gasteiger partial charge in [0.1, 0.15) is 12.1 Å². The molecule has 0 amide bonds.